The molecule has 3 rings (SSSR count). The number of benzene rings is 2. The van der Waals surface area contributed by atoms with Crippen LogP contribution in [0.5, 0.6) is 5.75 Å². The van der Waals surface area contributed by atoms with E-state index < -0.39 is 15.3 Å². The van der Waals surface area contributed by atoms with Gasteiger partial charge in [-0.05, 0) is 37.7 Å². The molecule has 0 aromatic heterocycles. The zero-order chi connectivity index (χ0) is 19.4. The Morgan fingerprint density at radius 1 is 1.19 bits per heavy atom. The van der Waals surface area contributed by atoms with E-state index in [2.05, 4.69) is 10.0 Å². The Kier molecular flexibility index (Phi) is 5.67. The van der Waals surface area contributed by atoms with Gasteiger partial charge in [0.15, 0.2) is 0 Å². The van der Waals surface area contributed by atoms with Gasteiger partial charge >= 0.3 is 0 Å². The van der Waals surface area contributed by atoms with E-state index in [-0.39, 0.29) is 12.5 Å². The SMILES string of the molecule is CNS(=O)(=O)C1CCN(C(=O)c2ccccc2Nc2cccc(OC)c2)C1. The molecule has 1 heterocycles. The van der Waals surface area contributed by atoms with E-state index in [9.17, 15) is 13.2 Å². The number of nitrogens with zero attached hydrogens (tertiary/aromatic N) is 1. The number of sulfonamides is 1. The summed E-state index contributed by atoms with van der Waals surface area (Å²) in [5, 5.41) is 2.67. The lowest BCUT2D eigenvalue weighted by Crippen LogP contribution is -2.36. The van der Waals surface area contributed by atoms with Gasteiger partial charge in [0.1, 0.15) is 5.75 Å². The minimum atomic E-state index is -3.39. The maximum atomic E-state index is 13.0. The number of likely N-dealkylation sites (tertiary alicyclic amines) is 1. The number of ether oxygens (including phenoxy) is 1. The Bertz CT molecular complexity index is 930. The number of carbonyl (C=O) groups excluding carboxylic acids is 1. The summed E-state index contributed by atoms with van der Waals surface area (Å²) in [5.74, 6) is 0.526. The van der Waals surface area contributed by atoms with E-state index in [1.807, 2.05) is 36.4 Å². The van der Waals surface area contributed by atoms with Gasteiger partial charge in [-0.3, -0.25) is 4.79 Å². The minimum Gasteiger partial charge on any atom is -0.497 e. The first-order valence-electron chi connectivity index (χ1n) is 8.66. The Hall–Kier alpha value is -2.58. The lowest BCUT2D eigenvalue weighted by molar-refractivity contribution is 0.0794. The molecule has 1 amide bonds. The van der Waals surface area contributed by atoms with Gasteiger partial charge < -0.3 is 15.0 Å². The van der Waals surface area contributed by atoms with Gasteiger partial charge in [-0.25, -0.2) is 13.1 Å². The van der Waals surface area contributed by atoms with Crippen molar-refractivity contribution in [2.45, 2.75) is 11.7 Å². The summed E-state index contributed by atoms with van der Waals surface area (Å²) < 4.78 is 31.6. The maximum Gasteiger partial charge on any atom is 0.256 e. The molecule has 1 saturated heterocycles. The highest BCUT2D eigenvalue weighted by molar-refractivity contribution is 7.90. The van der Waals surface area contributed by atoms with Crippen LogP contribution in [0, 0.1) is 0 Å². The third-order valence-corrected chi connectivity index (χ3v) is 6.49. The Morgan fingerprint density at radius 3 is 2.70 bits per heavy atom. The van der Waals surface area contributed by atoms with Gasteiger partial charge in [0.2, 0.25) is 10.0 Å². The van der Waals surface area contributed by atoms with Gasteiger partial charge in [0.25, 0.3) is 5.91 Å². The zero-order valence-corrected chi connectivity index (χ0v) is 16.1. The normalized spacial score (nSPS) is 17.0. The smallest absolute Gasteiger partial charge is 0.256 e. The third kappa shape index (κ3) is 4.23. The van der Waals surface area contributed by atoms with Crippen molar-refractivity contribution in [3.05, 3.63) is 54.1 Å². The summed E-state index contributed by atoms with van der Waals surface area (Å²) >= 11 is 0. The molecule has 7 nitrogen and oxygen atoms in total. The number of anilines is 2. The largest absolute Gasteiger partial charge is 0.497 e. The van der Waals surface area contributed by atoms with E-state index in [0.29, 0.717) is 30.0 Å². The fraction of sp³-hybridized carbons (Fsp3) is 0.316. The Labute approximate surface area is 159 Å². The average molecular weight is 389 g/mol. The first-order valence-corrected chi connectivity index (χ1v) is 10.2. The van der Waals surface area contributed by atoms with Crippen LogP contribution in [0.4, 0.5) is 11.4 Å². The number of methoxy groups -OCH3 is 1. The molecular formula is C19H23N3O4S. The Balaban J connectivity index is 1.80. The van der Waals surface area contributed by atoms with Crippen LogP contribution in [0.15, 0.2) is 48.5 Å². The Morgan fingerprint density at radius 2 is 1.96 bits per heavy atom. The van der Waals surface area contributed by atoms with Crippen molar-refractivity contribution in [1.82, 2.24) is 9.62 Å². The number of nitrogens with one attached hydrogen (secondary N) is 2. The van der Waals surface area contributed by atoms with Gasteiger partial charge in [-0.2, -0.15) is 0 Å². The van der Waals surface area contributed by atoms with Crippen molar-refractivity contribution in [3.63, 3.8) is 0 Å². The van der Waals surface area contributed by atoms with Crippen LogP contribution in [0.25, 0.3) is 0 Å². The van der Waals surface area contributed by atoms with Crippen LogP contribution in [0.3, 0.4) is 0 Å². The van der Waals surface area contributed by atoms with Crippen LogP contribution in [0.2, 0.25) is 0 Å². The second kappa shape index (κ2) is 7.98. The lowest BCUT2D eigenvalue weighted by atomic mass is 10.1. The quantitative estimate of drug-likeness (QED) is 0.791. The highest BCUT2D eigenvalue weighted by atomic mass is 32.2. The average Bonchev–Trinajstić information content (AvgIpc) is 3.19. The van der Waals surface area contributed by atoms with Crippen molar-refractivity contribution < 1.29 is 17.9 Å². The van der Waals surface area contributed by atoms with Crippen molar-refractivity contribution in [1.29, 1.82) is 0 Å². The van der Waals surface area contributed by atoms with Crippen LogP contribution in [0.1, 0.15) is 16.8 Å². The molecule has 0 saturated carbocycles. The number of hydrogen-bond donors (Lipinski definition) is 2. The molecule has 1 aliphatic heterocycles. The van der Waals surface area contributed by atoms with Gasteiger partial charge in [-0.1, -0.05) is 18.2 Å². The van der Waals surface area contributed by atoms with Crippen molar-refractivity contribution >= 4 is 27.3 Å². The zero-order valence-electron chi connectivity index (χ0n) is 15.3. The number of amides is 1. The molecular weight excluding hydrogens is 366 g/mol. The number of para-hydroxylation sites is 1. The van der Waals surface area contributed by atoms with Crippen molar-refractivity contribution in [3.8, 4) is 5.75 Å². The predicted octanol–water partition coefficient (Wildman–Crippen LogP) is 2.20. The van der Waals surface area contributed by atoms with Crippen LogP contribution >= 0.6 is 0 Å². The predicted molar refractivity (Wildman–Crippen MR) is 105 cm³/mol. The number of hydrogen-bond acceptors (Lipinski definition) is 5. The van der Waals surface area contributed by atoms with E-state index in [4.69, 9.17) is 4.74 Å². The molecule has 144 valence electrons. The molecule has 1 fully saturated rings. The summed E-state index contributed by atoms with van der Waals surface area (Å²) in [6, 6.07) is 14.6. The molecule has 27 heavy (non-hydrogen) atoms. The fourth-order valence-corrected chi connectivity index (χ4v) is 4.26. The van der Waals surface area contributed by atoms with Gasteiger partial charge in [0, 0.05) is 24.8 Å². The molecule has 2 N–H and O–H groups in total. The lowest BCUT2D eigenvalue weighted by Gasteiger charge is -2.19. The van der Waals surface area contributed by atoms with E-state index in [1.165, 1.54) is 7.05 Å². The van der Waals surface area contributed by atoms with Crippen molar-refractivity contribution in [2.24, 2.45) is 0 Å². The summed E-state index contributed by atoms with van der Waals surface area (Å²) in [6.07, 6.45) is 0.431. The highest BCUT2D eigenvalue weighted by Crippen LogP contribution is 2.26. The molecule has 8 heteroatoms. The summed E-state index contributed by atoms with van der Waals surface area (Å²) in [5.41, 5.74) is 1.96. The maximum absolute atomic E-state index is 13.0. The fourth-order valence-electron chi connectivity index (χ4n) is 3.14. The molecule has 2 aromatic carbocycles. The van der Waals surface area contributed by atoms with Gasteiger partial charge in [-0.15, -0.1) is 0 Å². The summed E-state index contributed by atoms with van der Waals surface area (Å²) in [7, 11) is -0.394. The third-order valence-electron chi connectivity index (χ3n) is 4.66. The van der Waals surface area contributed by atoms with Crippen LogP contribution in [-0.2, 0) is 10.0 Å². The van der Waals surface area contributed by atoms with Gasteiger partial charge in [0.05, 0.1) is 23.6 Å². The van der Waals surface area contributed by atoms with Crippen LogP contribution < -0.4 is 14.8 Å². The molecule has 2 aromatic rings. The molecule has 1 unspecified atom stereocenters. The van der Waals surface area contributed by atoms with E-state index in [0.717, 1.165) is 5.69 Å². The van der Waals surface area contributed by atoms with E-state index >= 15 is 0 Å². The number of carbonyl (C=O) groups is 1. The van der Waals surface area contributed by atoms with E-state index in [1.54, 1.807) is 24.1 Å². The summed E-state index contributed by atoms with van der Waals surface area (Å²) in [4.78, 5) is 14.6. The highest BCUT2D eigenvalue weighted by Gasteiger charge is 2.35. The second-order valence-corrected chi connectivity index (χ2v) is 8.48. The second-order valence-electron chi connectivity index (χ2n) is 6.31. The molecule has 0 bridgehead atoms. The molecule has 0 spiro atoms. The molecule has 0 aliphatic carbocycles. The minimum absolute atomic E-state index is 0.185. The topological polar surface area (TPSA) is 87.7 Å². The van der Waals surface area contributed by atoms with Crippen molar-refractivity contribution in [2.75, 3.05) is 32.6 Å². The molecule has 1 aliphatic rings. The monoisotopic (exact) mass is 389 g/mol. The first kappa shape index (κ1) is 19.2. The first-order chi connectivity index (χ1) is 12.9. The number of rotatable bonds is 6. The molecule has 1 atom stereocenters. The van der Waals surface area contributed by atoms with Crippen LogP contribution in [-0.4, -0.2) is 51.7 Å². The standard InChI is InChI=1S/C19H23N3O4S/c1-20-27(24,25)16-10-11-22(13-16)19(23)17-8-3-4-9-18(17)21-14-6-5-7-15(12-14)26-2/h3-9,12,16,20-21H,10-11,13H2,1-2H3. The molecule has 0 radical (unpaired) electrons. The summed E-state index contributed by atoms with van der Waals surface area (Å²) in [6.45, 7) is 0.605.